The number of rotatable bonds is 3. The summed E-state index contributed by atoms with van der Waals surface area (Å²) in [6.45, 7) is 1.89. The van der Waals surface area contributed by atoms with E-state index < -0.39 is 5.97 Å². The molecule has 0 aliphatic rings. The molecule has 2 N–H and O–H groups in total. The monoisotopic (exact) mass is 333 g/mol. The first-order valence-corrected chi connectivity index (χ1v) is 6.67. The van der Waals surface area contributed by atoms with Crippen LogP contribution in [0.3, 0.4) is 0 Å². The number of amides is 1. The Kier molecular flexibility index (Phi) is 4.20. The van der Waals surface area contributed by atoms with Crippen LogP contribution in [0.15, 0.2) is 46.9 Å². The normalized spacial score (nSPS) is 10.1. The van der Waals surface area contributed by atoms with Crippen molar-refractivity contribution in [2.24, 2.45) is 0 Å². The molecule has 2 aromatic rings. The highest BCUT2D eigenvalue weighted by Gasteiger charge is 2.14. The van der Waals surface area contributed by atoms with Crippen molar-refractivity contribution in [3.63, 3.8) is 0 Å². The van der Waals surface area contributed by atoms with Crippen molar-refractivity contribution in [3.8, 4) is 0 Å². The van der Waals surface area contributed by atoms with E-state index in [-0.39, 0.29) is 17.2 Å². The molecule has 0 atom stereocenters. The van der Waals surface area contributed by atoms with E-state index in [0.29, 0.717) is 10.0 Å². The van der Waals surface area contributed by atoms with Crippen molar-refractivity contribution in [3.05, 3.63) is 63.6 Å². The third kappa shape index (κ3) is 3.24. The topological polar surface area (TPSA) is 66.4 Å². The number of aryl methyl sites for hydroxylation is 1. The number of hydrogen-bond acceptors (Lipinski definition) is 2. The third-order valence-electron chi connectivity index (χ3n) is 2.74. The first-order valence-electron chi connectivity index (χ1n) is 5.88. The van der Waals surface area contributed by atoms with E-state index in [0.717, 1.165) is 5.56 Å². The summed E-state index contributed by atoms with van der Waals surface area (Å²) >= 11 is 3.26. The lowest BCUT2D eigenvalue weighted by Gasteiger charge is -2.09. The molecular formula is C15H12BrNO3. The summed E-state index contributed by atoms with van der Waals surface area (Å²) in [6.07, 6.45) is 0. The Hall–Kier alpha value is -2.14. The van der Waals surface area contributed by atoms with Gasteiger partial charge in [0.15, 0.2) is 0 Å². The Balaban J connectivity index is 2.32. The van der Waals surface area contributed by atoms with Gasteiger partial charge in [0.2, 0.25) is 0 Å². The number of carbonyl (C=O) groups excluding carboxylic acids is 1. The average Bonchev–Trinajstić information content (AvgIpc) is 2.38. The number of nitrogens with one attached hydrogen (secondary N) is 1. The molecule has 0 bridgehead atoms. The van der Waals surface area contributed by atoms with E-state index in [4.69, 9.17) is 5.11 Å². The van der Waals surface area contributed by atoms with Crippen LogP contribution < -0.4 is 5.32 Å². The van der Waals surface area contributed by atoms with Crippen molar-refractivity contribution in [2.45, 2.75) is 6.92 Å². The van der Waals surface area contributed by atoms with Crippen LogP contribution in [0, 0.1) is 6.92 Å². The molecule has 0 heterocycles. The Bertz CT molecular complexity index is 683. The van der Waals surface area contributed by atoms with Crippen LogP contribution in [0.4, 0.5) is 5.69 Å². The number of halogens is 1. The highest BCUT2D eigenvalue weighted by atomic mass is 79.9. The van der Waals surface area contributed by atoms with Gasteiger partial charge in [-0.1, -0.05) is 33.6 Å². The first kappa shape index (κ1) is 14.3. The molecule has 20 heavy (non-hydrogen) atoms. The summed E-state index contributed by atoms with van der Waals surface area (Å²) in [5, 5.41) is 11.7. The molecule has 0 aromatic heterocycles. The van der Waals surface area contributed by atoms with Crippen molar-refractivity contribution in [2.75, 3.05) is 5.32 Å². The maximum absolute atomic E-state index is 12.1. The van der Waals surface area contributed by atoms with E-state index >= 15 is 0 Å². The number of aromatic carboxylic acids is 1. The van der Waals surface area contributed by atoms with Crippen LogP contribution in [-0.4, -0.2) is 17.0 Å². The molecule has 0 saturated heterocycles. The van der Waals surface area contributed by atoms with Gasteiger partial charge in [0.1, 0.15) is 0 Å². The second-order valence-corrected chi connectivity index (χ2v) is 5.23. The van der Waals surface area contributed by atoms with Crippen LogP contribution in [0.1, 0.15) is 26.3 Å². The van der Waals surface area contributed by atoms with Crippen molar-refractivity contribution in [1.29, 1.82) is 0 Å². The Morgan fingerprint density at radius 1 is 1.15 bits per heavy atom. The van der Waals surface area contributed by atoms with Crippen LogP contribution in [-0.2, 0) is 0 Å². The molecule has 0 aliphatic heterocycles. The summed E-state index contributed by atoms with van der Waals surface area (Å²) in [5.74, 6) is -1.42. The number of anilines is 1. The molecule has 5 heteroatoms. The summed E-state index contributed by atoms with van der Waals surface area (Å²) in [7, 11) is 0. The zero-order valence-corrected chi connectivity index (χ0v) is 12.3. The summed E-state index contributed by atoms with van der Waals surface area (Å²) in [4.78, 5) is 23.3. The van der Waals surface area contributed by atoms with Crippen molar-refractivity contribution < 1.29 is 14.7 Å². The fraction of sp³-hybridized carbons (Fsp3) is 0.0667. The third-order valence-corrected chi connectivity index (χ3v) is 3.23. The zero-order chi connectivity index (χ0) is 14.7. The van der Waals surface area contributed by atoms with Gasteiger partial charge in [0.05, 0.1) is 11.3 Å². The maximum atomic E-state index is 12.1. The Morgan fingerprint density at radius 3 is 2.55 bits per heavy atom. The summed E-state index contributed by atoms with van der Waals surface area (Å²) in [5.41, 5.74) is 1.76. The second-order valence-electron chi connectivity index (χ2n) is 4.32. The van der Waals surface area contributed by atoms with Gasteiger partial charge in [0, 0.05) is 10.0 Å². The SMILES string of the molecule is Cc1cccc(C(=O)Nc2cc(Br)ccc2C(=O)O)c1. The molecule has 4 nitrogen and oxygen atoms in total. The predicted molar refractivity (Wildman–Crippen MR) is 80.2 cm³/mol. The molecule has 0 radical (unpaired) electrons. The van der Waals surface area contributed by atoms with Crippen LogP contribution in [0.5, 0.6) is 0 Å². The maximum Gasteiger partial charge on any atom is 0.337 e. The van der Waals surface area contributed by atoms with Gasteiger partial charge < -0.3 is 10.4 Å². The lowest BCUT2D eigenvalue weighted by molar-refractivity contribution is 0.0698. The van der Waals surface area contributed by atoms with E-state index in [1.165, 1.54) is 6.07 Å². The van der Waals surface area contributed by atoms with Gasteiger partial charge in [-0.05, 0) is 37.3 Å². The molecule has 0 unspecified atom stereocenters. The number of carboxylic acids is 1. The molecule has 0 spiro atoms. The average molecular weight is 334 g/mol. The van der Waals surface area contributed by atoms with E-state index in [1.807, 2.05) is 13.0 Å². The number of carbonyl (C=O) groups is 2. The highest BCUT2D eigenvalue weighted by molar-refractivity contribution is 9.10. The quantitative estimate of drug-likeness (QED) is 0.899. The van der Waals surface area contributed by atoms with E-state index in [9.17, 15) is 9.59 Å². The number of carboxylic acid groups (broad SMARTS) is 1. The Labute approximate surface area is 124 Å². The van der Waals surface area contributed by atoms with Gasteiger partial charge in [-0.3, -0.25) is 4.79 Å². The van der Waals surface area contributed by atoms with Crippen LogP contribution >= 0.6 is 15.9 Å². The highest BCUT2D eigenvalue weighted by Crippen LogP contribution is 2.22. The van der Waals surface area contributed by atoms with Gasteiger partial charge in [0.25, 0.3) is 5.91 Å². The lowest BCUT2D eigenvalue weighted by atomic mass is 10.1. The molecule has 0 fully saturated rings. The minimum atomic E-state index is -1.09. The zero-order valence-electron chi connectivity index (χ0n) is 10.7. The summed E-state index contributed by atoms with van der Waals surface area (Å²) in [6, 6.07) is 11.7. The van der Waals surface area contributed by atoms with Crippen molar-refractivity contribution >= 4 is 33.5 Å². The second kappa shape index (κ2) is 5.88. The molecule has 0 aliphatic carbocycles. The minimum absolute atomic E-state index is 0.0502. The van der Waals surface area contributed by atoms with Gasteiger partial charge in [-0.2, -0.15) is 0 Å². The van der Waals surface area contributed by atoms with Crippen LogP contribution in [0.2, 0.25) is 0 Å². The molecule has 2 aromatic carbocycles. The number of hydrogen-bond donors (Lipinski definition) is 2. The largest absolute Gasteiger partial charge is 0.478 e. The predicted octanol–water partition coefficient (Wildman–Crippen LogP) is 3.71. The smallest absolute Gasteiger partial charge is 0.337 e. The van der Waals surface area contributed by atoms with Crippen molar-refractivity contribution in [1.82, 2.24) is 0 Å². The summed E-state index contributed by atoms with van der Waals surface area (Å²) < 4.78 is 0.696. The minimum Gasteiger partial charge on any atom is -0.478 e. The Morgan fingerprint density at radius 2 is 1.90 bits per heavy atom. The van der Waals surface area contributed by atoms with E-state index in [1.54, 1.807) is 30.3 Å². The van der Waals surface area contributed by atoms with Gasteiger partial charge in [-0.25, -0.2) is 4.79 Å². The van der Waals surface area contributed by atoms with Crippen LogP contribution in [0.25, 0.3) is 0 Å². The standard InChI is InChI=1S/C15H12BrNO3/c1-9-3-2-4-10(7-9)14(18)17-13-8-11(16)5-6-12(13)15(19)20/h2-8H,1H3,(H,17,18)(H,19,20). The molecule has 0 saturated carbocycles. The molecule has 2 rings (SSSR count). The number of benzene rings is 2. The molecule has 1 amide bonds. The molecule has 102 valence electrons. The van der Waals surface area contributed by atoms with E-state index in [2.05, 4.69) is 21.2 Å². The van der Waals surface area contributed by atoms with Gasteiger partial charge in [-0.15, -0.1) is 0 Å². The fourth-order valence-corrected chi connectivity index (χ4v) is 2.15. The lowest BCUT2D eigenvalue weighted by Crippen LogP contribution is -2.15. The molecular weight excluding hydrogens is 322 g/mol. The fourth-order valence-electron chi connectivity index (χ4n) is 1.79. The van der Waals surface area contributed by atoms with Gasteiger partial charge >= 0.3 is 5.97 Å². The first-order chi connectivity index (χ1) is 9.47.